The SMILES string of the molecule is CCCCCCN1C(=O)C(C#N)=C(C)/C(=C\c2cn(-c3ccccc3)nc2-c2ccc(OCC)cc2C)C1=O. The molecule has 1 aliphatic heterocycles. The monoisotopic (exact) mass is 522 g/mol. The van der Waals surface area contributed by atoms with E-state index in [4.69, 9.17) is 9.84 Å². The van der Waals surface area contributed by atoms with E-state index in [2.05, 4.69) is 6.92 Å². The average Bonchev–Trinajstić information content (AvgIpc) is 3.35. The van der Waals surface area contributed by atoms with Gasteiger partial charge in [0.15, 0.2) is 0 Å². The van der Waals surface area contributed by atoms with Crippen molar-refractivity contribution in [2.75, 3.05) is 13.2 Å². The highest BCUT2D eigenvalue weighted by atomic mass is 16.5. The molecule has 0 fully saturated rings. The van der Waals surface area contributed by atoms with Crippen LogP contribution in [0.25, 0.3) is 23.0 Å². The lowest BCUT2D eigenvalue weighted by molar-refractivity contribution is -0.140. The topological polar surface area (TPSA) is 88.2 Å². The average molecular weight is 523 g/mol. The number of hydrogen-bond donors (Lipinski definition) is 0. The summed E-state index contributed by atoms with van der Waals surface area (Å²) >= 11 is 0. The second-order valence-electron chi connectivity index (χ2n) is 9.62. The Balaban J connectivity index is 1.84. The van der Waals surface area contributed by atoms with Crippen LogP contribution in [0.15, 0.2) is 71.4 Å². The molecule has 1 aliphatic rings. The number of aryl methyl sites for hydroxylation is 1. The lowest BCUT2D eigenvalue weighted by atomic mass is 9.92. The third kappa shape index (κ3) is 5.85. The molecule has 200 valence electrons. The van der Waals surface area contributed by atoms with E-state index in [9.17, 15) is 14.9 Å². The number of nitrogens with zero attached hydrogens (tertiary/aromatic N) is 4. The van der Waals surface area contributed by atoms with Gasteiger partial charge in [-0.2, -0.15) is 10.4 Å². The molecule has 7 heteroatoms. The number of imide groups is 1. The van der Waals surface area contributed by atoms with Gasteiger partial charge in [-0.3, -0.25) is 14.5 Å². The highest BCUT2D eigenvalue weighted by Gasteiger charge is 2.35. The standard InChI is InChI=1S/C32H34N4O3/c1-5-7-8-12-17-35-31(37)28(23(4)29(20-33)32(35)38)19-24-21-36(25-13-10-9-11-14-25)34-30(24)27-16-15-26(39-6-2)18-22(27)3/h9-11,13-16,18-19,21H,5-8,12,17H2,1-4H3/b28-19+. The molecule has 39 heavy (non-hydrogen) atoms. The summed E-state index contributed by atoms with van der Waals surface area (Å²) in [7, 11) is 0. The van der Waals surface area contributed by atoms with Gasteiger partial charge in [-0.15, -0.1) is 0 Å². The van der Waals surface area contributed by atoms with Crippen molar-refractivity contribution < 1.29 is 14.3 Å². The quantitative estimate of drug-likeness (QED) is 0.174. The van der Waals surface area contributed by atoms with Crippen LogP contribution in [0.2, 0.25) is 0 Å². The molecule has 4 rings (SSSR count). The maximum atomic E-state index is 13.6. The summed E-state index contributed by atoms with van der Waals surface area (Å²) in [6, 6.07) is 17.6. The summed E-state index contributed by atoms with van der Waals surface area (Å²) in [5.74, 6) is -0.121. The minimum atomic E-state index is -0.517. The molecule has 0 spiro atoms. The van der Waals surface area contributed by atoms with Crippen molar-refractivity contribution >= 4 is 17.9 Å². The number of carbonyl (C=O) groups is 2. The number of nitriles is 1. The third-order valence-corrected chi connectivity index (χ3v) is 6.89. The van der Waals surface area contributed by atoms with E-state index >= 15 is 0 Å². The molecule has 0 saturated carbocycles. The number of benzene rings is 2. The first-order valence-electron chi connectivity index (χ1n) is 13.5. The van der Waals surface area contributed by atoms with Crippen molar-refractivity contribution in [1.82, 2.24) is 14.7 Å². The van der Waals surface area contributed by atoms with E-state index in [0.717, 1.165) is 41.8 Å². The van der Waals surface area contributed by atoms with Crippen LogP contribution in [-0.4, -0.2) is 39.6 Å². The Morgan fingerprint density at radius 2 is 1.77 bits per heavy atom. The maximum absolute atomic E-state index is 13.6. The van der Waals surface area contributed by atoms with Crippen LogP contribution in [0.4, 0.5) is 0 Å². The Hall–Kier alpha value is -4.44. The number of ether oxygens (including phenoxy) is 1. The normalized spacial score (nSPS) is 14.7. The molecule has 0 saturated heterocycles. The van der Waals surface area contributed by atoms with Crippen LogP contribution in [0.5, 0.6) is 5.75 Å². The van der Waals surface area contributed by atoms with Gasteiger partial charge in [-0.25, -0.2) is 4.68 Å². The molecule has 1 aromatic heterocycles. The van der Waals surface area contributed by atoms with E-state index in [1.165, 1.54) is 4.90 Å². The smallest absolute Gasteiger partial charge is 0.271 e. The molecule has 3 aromatic rings. The van der Waals surface area contributed by atoms with Crippen molar-refractivity contribution in [3.63, 3.8) is 0 Å². The fourth-order valence-electron chi connectivity index (χ4n) is 4.76. The maximum Gasteiger partial charge on any atom is 0.271 e. The van der Waals surface area contributed by atoms with Gasteiger partial charge in [-0.05, 0) is 74.7 Å². The van der Waals surface area contributed by atoms with E-state index < -0.39 is 5.91 Å². The number of amides is 2. The van der Waals surface area contributed by atoms with Gasteiger partial charge in [-0.1, -0.05) is 44.4 Å². The Labute approximate surface area is 230 Å². The zero-order chi connectivity index (χ0) is 27.9. The van der Waals surface area contributed by atoms with Crippen LogP contribution in [0.3, 0.4) is 0 Å². The highest BCUT2D eigenvalue weighted by Crippen LogP contribution is 2.33. The van der Waals surface area contributed by atoms with Crippen LogP contribution in [-0.2, 0) is 9.59 Å². The Morgan fingerprint density at radius 1 is 1.00 bits per heavy atom. The second kappa shape index (κ2) is 12.4. The summed E-state index contributed by atoms with van der Waals surface area (Å²) in [5.41, 5.74) is 4.89. The lowest BCUT2D eigenvalue weighted by Crippen LogP contribution is -2.43. The van der Waals surface area contributed by atoms with Crippen LogP contribution in [0.1, 0.15) is 57.6 Å². The van der Waals surface area contributed by atoms with Gasteiger partial charge in [0.2, 0.25) is 0 Å². The van der Waals surface area contributed by atoms with Gasteiger partial charge in [0.05, 0.1) is 12.3 Å². The Kier molecular flexibility index (Phi) is 8.77. The van der Waals surface area contributed by atoms with E-state index in [1.54, 1.807) is 17.7 Å². The van der Waals surface area contributed by atoms with Crippen molar-refractivity contribution in [1.29, 1.82) is 5.26 Å². The van der Waals surface area contributed by atoms with E-state index in [0.29, 0.717) is 42.0 Å². The fourth-order valence-corrected chi connectivity index (χ4v) is 4.76. The summed E-state index contributed by atoms with van der Waals surface area (Å²) in [6.07, 6.45) is 7.35. The molecular formula is C32H34N4O3. The first kappa shape index (κ1) is 27.6. The van der Waals surface area contributed by atoms with Crippen LogP contribution >= 0.6 is 0 Å². The number of rotatable bonds is 10. The first-order valence-corrected chi connectivity index (χ1v) is 13.5. The summed E-state index contributed by atoms with van der Waals surface area (Å²) in [5, 5.41) is 14.7. The van der Waals surface area contributed by atoms with Crippen LogP contribution < -0.4 is 4.74 Å². The Bertz CT molecular complexity index is 1470. The van der Waals surface area contributed by atoms with Crippen molar-refractivity contribution in [2.24, 2.45) is 0 Å². The van der Waals surface area contributed by atoms with Crippen molar-refractivity contribution in [3.05, 3.63) is 82.6 Å². The Morgan fingerprint density at radius 3 is 2.44 bits per heavy atom. The fraction of sp³-hybridized carbons (Fsp3) is 0.312. The molecule has 0 aliphatic carbocycles. The van der Waals surface area contributed by atoms with Gasteiger partial charge in [0.1, 0.15) is 23.1 Å². The summed E-state index contributed by atoms with van der Waals surface area (Å²) < 4.78 is 7.45. The molecular weight excluding hydrogens is 488 g/mol. The molecule has 0 atom stereocenters. The molecule has 0 unspecified atom stereocenters. The minimum Gasteiger partial charge on any atom is -0.494 e. The van der Waals surface area contributed by atoms with E-state index in [-0.39, 0.29) is 11.5 Å². The largest absolute Gasteiger partial charge is 0.494 e. The zero-order valence-electron chi connectivity index (χ0n) is 23.0. The molecule has 0 bridgehead atoms. The molecule has 2 amide bonds. The van der Waals surface area contributed by atoms with Gasteiger partial charge in [0.25, 0.3) is 11.8 Å². The predicted molar refractivity (Wildman–Crippen MR) is 152 cm³/mol. The first-order chi connectivity index (χ1) is 18.9. The van der Waals surface area contributed by atoms with Gasteiger partial charge < -0.3 is 4.74 Å². The number of para-hydroxylation sites is 1. The molecule has 7 nitrogen and oxygen atoms in total. The molecule has 0 radical (unpaired) electrons. The molecule has 0 N–H and O–H groups in total. The number of aromatic nitrogens is 2. The second-order valence-corrected chi connectivity index (χ2v) is 9.62. The number of carbonyl (C=O) groups excluding carboxylic acids is 2. The van der Waals surface area contributed by atoms with E-state index in [1.807, 2.05) is 74.6 Å². The highest BCUT2D eigenvalue weighted by molar-refractivity contribution is 6.19. The minimum absolute atomic E-state index is 0.00518. The molecule has 2 aromatic carbocycles. The number of unbranched alkanes of at least 4 members (excludes halogenated alkanes) is 3. The van der Waals surface area contributed by atoms with Gasteiger partial charge in [0, 0.05) is 29.4 Å². The summed E-state index contributed by atoms with van der Waals surface area (Å²) in [4.78, 5) is 27.9. The third-order valence-electron chi connectivity index (χ3n) is 6.89. The lowest BCUT2D eigenvalue weighted by Gasteiger charge is -2.27. The number of hydrogen-bond acceptors (Lipinski definition) is 5. The van der Waals surface area contributed by atoms with Crippen LogP contribution in [0, 0.1) is 18.3 Å². The summed E-state index contributed by atoms with van der Waals surface area (Å²) in [6.45, 7) is 8.58. The zero-order valence-corrected chi connectivity index (χ0v) is 23.0. The predicted octanol–water partition coefficient (Wildman–Crippen LogP) is 6.42. The van der Waals surface area contributed by atoms with Crippen molar-refractivity contribution in [2.45, 2.75) is 53.4 Å². The molecule has 2 heterocycles. The van der Waals surface area contributed by atoms with Gasteiger partial charge >= 0.3 is 0 Å². The van der Waals surface area contributed by atoms with Crippen molar-refractivity contribution in [3.8, 4) is 28.8 Å².